The monoisotopic (exact) mass is 529 g/mol. The highest BCUT2D eigenvalue weighted by atomic mass is 35.5. The lowest BCUT2D eigenvalue weighted by atomic mass is 9.95. The van der Waals surface area contributed by atoms with Crippen LogP contribution in [0.5, 0.6) is 5.75 Å². The van der Waals surface area contributed by atoms with E-state index in [4.69, 9.17) is 27.9 Å². The first-order valence-corrected chi connectivity index (χ1v) is 13.5. The minimum absolute atomic E-state index is 0.0999. The van der Waals surface area contributed by atoms with E-state index in [-0.39, 0.29) is 5.91 Å². The summed E-state index contributed by atoms with van der Waals surface area (Å²) in [5.41, 5.74) is 2.83. The third-order valence-corrected chi connectivity index (χ3v) is 7.27. The number of amides is 1. The molecule has 36 heavy (non-hydrogen) atoms. The van der Waals surface area contributed by atoms with Gasteiger partial charge in [0.1, 0.15) is 5.75 Å². The lowest BCUT2D eigenvalue weighted by Crippen LogP contribution is -2.42. The molecule has 0 spiro atoms. The van der Waals surface area contributed by atoms with Crippen molar-refractivity contribution in [2.75, 3.05) is 26.2 Å². The molecule has 2 aromatic carbocycles. The van der Waals surface area contributed by atoms with Gasteiger partial charge in [0.15, 0.2) is 0 Å². The van der Waals surface area contributed by atoms with Gasteiger partial charge in [-0.15, -0.1) is 0 Å². The lowest BCUT2D eigenvalue weighted by molar-refractivity contribution is 0.0932. The lowest BCUT2D eigenvalue weighted by Gasteiger charge is -2.34. The van der Waals surface area contributed by atoms with Gasteiger partial charge in [-0.3, -0.25) is 14.7 Å². The Morgan fingerprint density at radius 1 is 1.19 bits per heavy atom. The Balaban J connectivity index is 1.43. The molecule has 1 N–H and O–H groups in total. The van der Waals surface area contributed by atoms with Crippen LogP contribution in [-0.4, -0.2) is 48.8 Å². The Hall–Kier alpha value is -2.34. The number of aliphatic imine (C=N–C) groups is 1. The summed E-state index contributed by atoms with van der Waals surface area (Å²) in [6.07, 6.45) is 7.92. The van der Waals surface area contributed by atoms with Gasteiger partial charge in [-0.1, -0.05) is 42.3 Å². The molecule has 1 unspecified atom stereocenters. The first-order chi connectivity index (χ1) is 17.4. The maximum atomic E-state index is 12.8. The van der Waals surface area contributed by atoms with E-state index in [0.717, 1.165) is 50.0 Å². The van der Waals surface area contributed by atoms with Crippen molar-refractivity contribution < 1.29 is 9.53 Å². The van der Waals surface area contributed by atoms with Gasteiger partial charge in [-0.25, -0.2) is 0 Å². The van der Waals surface area contributed by atoms with Crippen molar-refractivity contribution in [2.24, 2.45) is 10.9 Å². The van der Waals surface area contributed by atoms with Crippen LogP contribution in [0.1, 0.15) is 56.0 Å². The minimum Gasteiger partial charge on any atom is -0.492 e. The summed E-state index contributed by atoms with van der Waals surface area (Å²) in [7, 11) is 0. The van der Waals surface area contributed by atoms with Crippen LogP contribution in [0.3, 0.4) is 0 Å². The molecule has 194 valence electrons. The van der Waals surface area contributed by atoms with Crippen LogP contribution in [0, 0.1) is 5.92 Å². The van der Waals surface area contributed by atoms with E-state index >= 15 is 0 Å². The highest BCUT2D eigenvalue weighted by molar-refractivity contribution is 6.32. The van der Waals surface area contributed by atoms with Gasteiger partial charge in [-0.05, 0) is 94.1 Å². The van der Waals surface area contributed by atoms with Crippen LogP contribution in [0.15, 0.2) is 59.7 Å². The summed E-state index contributed by atoms with van der Waals surface area (Å²) in [5, 5.41) is 4.30. The van der Waals surface area contributed by atoms with Crippen LogP contribution < -0.4 is 10.1 Å². The molecule has 0 radical (unpaired) electrons. The summed E-state index contributed by atoms with van der Waals surface area (Å²) in [4.78, 5) is 19.7. The van der Waals surface area contributed by atoms with E-state index in [1.54, 1.807) is 18.2 Å². The highest BCUT2D eigenvalue weighted by Crippen LogP contribution is 2.26. The van der Waals surface area contributed by atoms with Gasteiger partial charge in [0.2, 0.25) is 0 Å². The van der Waals surface area contributed by atoms with E-state index in [1.807, 2.05) is 30.5 Å². The number of rotatable bonds is 11. The number of hydrogen-bond acceptors (Lipinski definition) is 4. The van der Waals surface area contributed by atoms with E-state index in [9.17, 15) is 4.79 Å². The molecule has 1 aliphatic rings. The molecule has 5 nitrogen and oxygen atoms in total. The van der Waals surface area contributed by atoms with Gasteiger partial charge in [0.05, 0.1) is 11.6 Å². The fourth-order valence-corrected chi connectivity index (χ4v) is 4.39. The van der Waals surface area contributed by atoms with Crippen LogP contribution >= 0.6 is 23.2 Å². The molecule has 3 rings (SSSR count). The van der Waals surface area contributed by atoms with Crippen LogP contribution in [0.4, 0.5) is 0 Å². The zero-order valence-corrected chi connectivity index (χ0v) is 23.0. The molecule has 0 saturated carbocycles. The van der Waals surface area contributed by atoms with Crippen LogP contribution in [0.2, 0.25) is 10.0 Å². The first kappa shape index (κ1) is 28.2. The number of carbonyl (C=O) groups excluding carboxylic acids is 1. The predicted molar refractivity (Wildman–Crippen MR) is 151 cm³/mol. The normalized spacial score (nSPS) is 16.3. The number of carbonyl (C=O) groups is 1. The molecule has 1 heterocycles. The van der Waals surface area contributed by atoms with Gasteiger partial charge in [0.25, 0.3) is 5.91 Å². The van der Waals surface area contributed by atoms with E-state index < -0.39 is 0 Å². The zero-order valence-electron chi connectivity index (χ0n) is 21.5. The SMILES string of the molecule is CCC(C)=N/C=C\C(C)N1CCC(CNC(=O)c2ccc(Cl)c(OCCc3ccc(Cl)cc3)c2)CC1. The molecule has 1 atom stereocenters. The average Bonchev–Trinajstić information content (AvgIpc) is 2.89. The third kappa shape index (κ3) is 8.95. The standard InChI is InChI=1S/C29H37Cl2N3O2/c1-4-21(2)32-15-11-22(3)34-16-12-24(13-17-34)20-33-29(35)25-7-10-27(31)28(19-25)36-18-14-23-5-8-26(30)9-6-23/h5-11,15,19,22,24H,4,12-14,16-18,20H2,1-3H3,(H,33,35)/b15-11-,32-21?. The topological polar surface area (TPSA) is 53.9 Å². The second-order valence-electron chi connectivity index (χ2n) is 9.36. The van der Waals surface area contributed by atoms with Gasteiger partial charge < -0.3 is 10.1 Å². The molecule has 1 saturated heterocycles. The number of benzene rings is 2. The quantitative estimate of drug-likeness (QED) is 0.324. The summed E-state index contributed by atoms with van der Waals surface area (Å²) in [5.74, 6) is 0.897. The number of piperidine rings is 1. The Labute approximate surface area is 225 Å². The maximum Gasteiger partial charge on any atom is 0.251 e. The Bertz CT molecular complexity index is 1040. The summed E-state index contributed by atoms with van der Waals surface area (Å²) < 4.78 is 5.87. The predicted octanol–water partition coefficient (Wildman–Crippen LogP) is 6.83. The van der Waals surface area contributed by atoms with Gasteiger partial charge in [-0.2, -0.15) is 0 Å². The number of nitrogens with one attached hydrogen (secondary N) is 1. The smallest absolute Gasteiger partial charge is 0.251 e. The number of ether oxygens (including phenoxy) is 1. The molecular weight excluding hydrogens is 493 g/mol. The zero-order chi connectivity index (χ0) is 25.9. The van der Waals surface area contributed by atoms with Crippen molar-refractivity contribution in [2.45, 2.75) is 52.5 Å². The number of nitrogens with zero attached hydrogens (tertiary/aromatic N) is 2. The van der Waals surface area contributed by atoms with E-state index in [1.165, 1.54) is 0 Å². The molecule has 2 aromatic rings. The second kappa shape index (κ2) is 14.4. The van der Waals surface area contributed by atoms with E-state index in [2.05, 4.69) is 42.1 Å². The Kier molecular flexibility index (Phi) is 11.3. The van der Waals surface area contributed by atoms with Crippen molar-refractivity contribution in [3.05, 3.63) is 75.9 Å². The van der Waals surface area contributed by atoms with E-state index in [0.29, 0.717) is 46.5 Å². The number of halogens is 2. The van der Waals surface area contributed by atoms with Crippen molar-refractivity contribution >= 4 is 34.8 Å². The van der Waals surface area contributed by atoms with Crippen molar-refractivity contribution in [3.8, 4) is 5.75 Å². The summed E-state index contributed by atoms with van der Waals surface area (Å²) in [6, 6.07) is 13.2. The second-order valence-corrected chi connectivity index (χ2v) is 10.2. The van der Waals surface area contributed by atoms with Gasteiger partial charge in [0, 0.05) is 41.5 Å². The molecule has 1 amide bonds. The molecule has 1 fully saturated rings. The van der Waals surface area contributed by atoms with Crippen molar-refractivity contribution in [1.82, 2.24) is 10.2 Å². The van der Waals surface area contributed by atoms with Crippen LogP contribution in [-0.2, 0) is 6.42 Å². The Morgan fingerprint density at radius 3 is 2.61 bits per heavy atom. The van der Waals surface area contributed by atoms with Crippen LogP contribution in [0.25, 0.3) is 0 Å². The van der Waals surface area contributed by atoms with Crippen molar-refractivity contribution in [3.63, 3.8) is 0 Å². The van der Waals surface area contributed by atoms with Crippen molar-refractivity contribution in [1.29, 1.82) is 0 Å². The highest BCUT2D eigenvalue weighted by Gasteiger charge is 2.22. The largest absolute Gasteiger partial charge is 0.492 e. The maximum absolute atomic E-state index is 12.8. The molecule has 0 aromatic heterocycles. The molecule has 1 aliphatic heterocycles. The third-order valence-electron chi connectivity index (χ3n) is 6.70. The Morgan fingerprint density at radius 2 is 1.92 bits per heavy atom. The fraction of sp³-hybridized carbons (Fsp3) is 0.448. The molecule has 0 bridgehead atoms. The molecule has 7 heteroatoms. The first-order valence-electron chi connectivity index (χ1n) is 12.7. The summed E-state index contributed by atoms with van der Waals surface area (Å²) >= 11 is 12.2. The summed E-state index contributed by atoms with van der Waals surface area (Å²) in [6.45, 7) is 9.56. The fourth-order valence-electron chi connectivity index (χ4n) is 4.10. The van der Waals surface area contributed by atoms with Gasteiger partial charge >= 0.3 is 0 Å². The average molecular weight is 531 g/mol. The number of likely N-dealkylation sites (tertiary alicyclic amines) is 1. The molecular formula is C29H37Cl2N3O2. The molecule has 0 aliphatic carbocycles. The minimum atomic E-state index is -0.0999. The number of hydrogen-bond donors (Lipinski definition) is 1.